The summed E-state index contributed by atoms with van der Waals surface area (Å²) in [5.41, 5.74) is 4.68. The maximum absolute atomic E-state index is 9.60. The number of methoxy groups -OCH3 is 2. The highest BCUT2D eigenvalue weighted by atomic mass is 16.5. The average molecular weight is 500 g/mol. The molecule has 4 aromatic rings. The lowest BCUT2D eigenvalue weighted by molar-refractivity contribution is -0.109. The molecule has 194 valence electrons. The van der Waals surface area contributed by atoms with Crippen molar-refractivity contribution in [2.24, 2.45) is 0 Å². The number of hydrogen-bond donors (Lipinski definition) is 2. The Labute approximate surface area is 220 Å². The van der Waals surface area contributed by atoms with Gasteiger partial charge in [-0.15, -0.1) is 0 Å². The molecule has 0 spiro atoms. The van der Waals surface area contributed by atoms with Gasteiger partial charge in [-0.25, -0.2) is 0 Å². The number of aromatic nitrogens is 1. The third-order valence-electron chi connectivity index (χ3n) is 5.34. The minimum atomic E-state index is 0.648. The number of benzene rings is 3. The summed E-state index contributed by atoms with van der Waals surface area (Å²) in [4.78, 5) is 14.3. The number of rotatable bonds is 10. The van der Waals surface area contributed by atoms with Crippen LogP contribution in [-0.4, -0.2) is 38.7 Å². The van der Waals surface area contributed by atoms with Gasteiger partial charge in [0.15, 0.2) is 0 Å². The average Bonchev–Trinajstić information content (AvgIpc) is 2.95. The number of fused-ring (bicyclic) bond motifs is 1. The van der Waals surface area contributed by atoms with Gasteiger partial charge in [-0.3, -0.25) is 9.78 Å². The molecule has 1 heterocycles. The fraction of sp³-hybridized carbons (Fsp3) is 0.226. The molecule has 0 fully saturated rings. The van der Waals surface area contributed by atoms with E-state index in [1.165, 1.54) is 11.1 Å². The maximum Gasteiger partial charge on any atom is 0.207 e. The van der Waals surface area contributed by atoms with Gasteiger partial charge in [-0.1, -0.05) is 60.7 Å². The highest BCUT2D eigenvalue weighted by Crippen LogP contribution is 2.20. The van der Waals surface area contributed by atoms with E-state index in [4.69, 9.17) is 14.5 Å². The van der Waals surface area contributed by atoms with Gasteiger partial charge in [-0.2, -0.15) is 0 Å². The van der Waals surface area contributed by atoms with E-state index in [0.29, 0.717) is 13.0 Å². The molecule has 0 saturated carbocycles. The third kappa shape index (κ3) is 11.3. The van der Waals surface area contributed by atoms with Crippen molar-refractivity contribution in [3.8, 4) is 11.5 Å². The summed E-state index contributed by atoms with van der Waals surface area (Å²) in [7, 11) is 3.37. The quantitative estimate of drug-likeness (QED) is 0.223. The van der Waals surface area contributed by atoms with Crippen LogP contribution in [0, 0.1) is 6.92 Å². The van der Waals surface area contributed by atoms with Crippen molar-refractivity contribution in [2.75, 3.05) is 27.3 Å². The van der Waals surface area contributed by atoms with Crippen LogP contribution in [0.4, 0.5) is 0 Å². The monoisotopic (exact) mass is 499 g/mol. The number of hydrogen-bond acceptors (Lipinski definition) is 5. The highest BCUT2D eigenvalue weighted by Gasteiger charge is 2.02. The molecule has 0 unspecified atom stereocenters. The smallest absolute Gasteiger partial charge is 0.207 e. The fourth-order valence-corrected chi connectivity index (χ4v) is 3.35. The number of amides is 1. The van der Waals surface area contributed by atoms with Crippen LogP contribution in [0.25, 0.3) is 10.9 Å². The molecule has 6 nitrogen and oxygen atoms in total. The van der Waals surface area contributed by atoms with Crippen LogP contribution in [0.1, 0.15) is 16.8 Å². The summed E-state index contributed by atoms with van der Waals surface area (Å²) in [5, 5.41) is 6.42. The standard InChI is InChI=1S/C19H19NO2.C7H8.C5H10N2O/c1-21-17-5-3-4-14(12-17)6-8-16-9-7-15-13-18(22-2)10-11-19(15)20-16;1-7-5-3-2-4-6-7;1-2-6-3-4-7-5-8/h3-5,7,9-13H,6,8H2,1-2H3;2-6H,1H3;2,5-6H,1,3-4H2,(H,7,8). The van der Waals surface area contributed by atoms with Gasteiger partial charge < -0.3 is 20.1 Å². The van der Waals surface area contributed by atoms with Crippen LogP contribution in [0.5, 0.6) is 11.5 Å². The Balaban J connectivity index is 0.000000263. The lowest BCUT2D eigenvalue weighted by Crippen LogP contribution is -2.22. The molecule has 37 heavy (non-hydrogen) atoms. The van der Waals surface area contributed by atoms with E-state index in [-0.39, 0.29) is 0 Å². The second-order valence-electron chi connectivity index (χ2n) is 8.10. The number of nitrogens with zero attached hydrogens (tertiary/aromatic N) is 1. The Morgan fingerprint density at radius 1 is 0.811 bits per heavy atom. The predicted octanol–water partition coefficient (Wildman–Crippen LogP) is 5.50. The molecule has 1 amide bonds. The van der Waals surface area contributed by atoms with Gasteiger partial charge in [0.25, 0.3) is 0 Å². The van der Waals surface area contributed by atoms with Crippen molar-refractivity contribution in [1.82, 2.24) is 15.6 Å². The van der Waals surface area contributed by atoms with Crippen LogP contribution in [0.15, 0.2) is 97.7 Å². The van der Waals surface area contributed by atoms with Gasteiger partial charge in [0.1, 0.15) is 11.5 Å². The lowest BCUT2D eigenvalue weighted by Gasteiger charge is -2.06. The first kappa shape index (κ1) is 28.9. The largest absolute Gasteiger partial charge is 0.497 e. The molecule has 0 saturated heterocycles. The van der Waals surface area contributed by atoms with Gasteiger partial charge >= 0.3 is 0 Å². The van der Waals surface area contributed by atoms with Gasteiger partial charge in [-0.05, 0) is 67.9 Å². The van der Waals surface area contributed by atoms with E-state index in [0.717, 1.165) is 47.5 Å². The summed E-state index contributed by atoms with van der Waals surface area (Å²) < 4.78 is 10.5. The van der Waals surface area contributed by atoms with Crippen molar-refractivity contribution < 1.29 is 14.3 Å². The van der Waals surface area contributed by atoms with Gasteiger partial charge in [0, 0.05) is 24.2 Å². The van der Waals surface area contributed by atoms with Crippen molar-refractivity contribution in [2.45, 2.75) is 19.8 Å². The van der Waals surface area contributed by atoms with E-state index < -0.39 is 0 Å². The zero-order chi connectivity index (χ0) is 26.7. The Morgan fingerprint density at radius 2 is 1.54 bits per heavy atom. The first-order chi connectivity index (χ1) is 18.1. The van der Waals surface area contributed by atoms with E-state index in [1.54, 1.807) is 20.4 Å². The molecule has 3 aromatic carbocycles. The van der Waals surface area contributed by atoms with E-state index >= 15 is 0 Å². The number of nitrogens with one attached hydrogen (secondary N) is 2. The van der Waals surface area contributed by atoms with E-state index in [2.05, 4.69) is 60.5 Å². The maximum atomic E-state index is 9.60. The zero-order valence-electron chi connectivity index (χ0n) is 21.9. The fourth-order valence-electron chi connectivity index (χ4n) is 3.35. The first-order valence-electron chi connectivity index (χ1n) is 12.2. The minimum absolute atomic E-state index is 0.648. The molecule has 1 aromatic heterocycles. The molecule has 0 bridgehead atoms. The molecule has 0 aliphatic carbocycles. The van der Waals surface area contributed by atoms with Crippen LogP contribution >= 0.6 is 0 Å². The Kier molecular flexibility index (Phi) is 13.4. The van der Waals surface area contributed by atoms with Crippen LogP contribution in [0.3, 0.4) is 0 Å². The summed E-state index contributed by atoms with van der Waals surface area (Å²) in [6.45, 7) is 6.90. The number of pyridine rings is 1. The number of carbonyl (C=O) groups is 1. The Morgan fingerprint density at radius 3 is 2.19 bits per heavy atom. The molecule has 4 rings (SSSR count). The summed E-state index contributed by atoms with van der Waals surface area (Å²) in [6, 6.07) is 28.6. The van der Waals surface area contributed by atoms with Gasteiger partial charge in [0.05, 0.1) is 19.7 Å². The lowest BCUT2D eigenvalue weighted by atomic mass is 10.1. The van der Waals surface area contributed by atoms with E-state index in [9.17, 15) is 4.79 Å². The second-order valence-corrected chi connectivity index (χ2v) is 8.10. The third-order valence-corrected chi connectivity index (χ3v) is 5.34. The van der Waals surface area contributed by atoms with Gasteiger partial charge in [0.2, 0.25) is 6.41 Å². The molecular weight excluding hydrogens is 462 g/mol. The SMILES string of the molecule is C=CNCCNC=O.COc1cccc(CCc2ccc3cc(OC)ccc3n2)c1.Cc1ccccc1. The predicted molar refractivity (Wildman–Crippen MR) is 152 cm³/mol. The Bertz CT molecular complexity index is 1200. The molecule has 2 N–H and O–H groups in total. The summed E-state index contributed by atoms with van der Waals surface area (Å²) in [6.07, 6.45) is 4.12. The highest BCUT2D eigenvalue weighted by molar-refractivity contribution is 5.80. The molecule has 0 aliphatic rings. The van der Waals surface area contributed by atoms with Crippen molar-refractivity contribution in [3.05, 3.63) is 115 Å². The minimum Gasteiger partial charge on any atom is -0.497 e. The Hall–Kier alpha value is -4.32. The second kappa shape index (κ2) is 17.2. The molecule has 0 aliphatic heterocycles. The number of aryl methyl sites for hydroxylation is 3. The van der Waals surface area contributed by atoms with Crippen molar-refractivity contribution >= 4 is 17.3 Å². The summed E-state index contributed by atoms with van der Waals surface area (Å²) in [5.74, 6) is 1.76. The topological polar surface area (TPSA) is 72.5 Å². The van der Waals surface area contributed by atoms with Crippen LogP contribution < -0.4 is 20.1 Å². The number of carbonyl (C=O) groups excluding carboxylic acids is 1. The van der Waals surface area contributed by atoms with E-state index in [1.807, 2.05) is 48.5 Å². The molecule has 0 radical (unpaired) electrons. The van der Waals surface area contributed by atoms with Crippen molar-refractivity contribution in [3.63, 3.8) is 0 Å². The number of ether oxygens (including phenoxy) is 2. The van der Waals surface area contributed by atoms with Crippen molar-refractivity contribution in [1.29, 1.82) is 0 Å². The zero-order valence-corrected chi connectivity index (χ0v) is 21.9. The molecule has 0 atom stereocenters. The summed E-state index contributed by atoms with van der Waals surface area (Å²) >= 11 is 0. The molecular formula is C31H37N3O3. The van der Waals surface area contributed by atoms with Crippen LogP contribution in [0.2, 0.25) is 0 Å². The first-order valence-corrected chi connectivity index (χ1v) is 12.2. The molecule has 6 heteroatoms. The normalized spacial score (nSPS) is 9.59. The van der Waals surface area contributed by atoms with Crippen LogP contribution in [-0.2, 0) is 17.6 Å².